The van der Waals surface area contributed by atoms with Gasteiger partial charge in [0.25, 0.3) is 5.91 Å². The molecule has 0 radical (unpaired) electrons. The van der Waals surface area contributed by atoms with Gasteiger partial charge in [0.1, 0.15) is 11.4 Å². The Morgan fingerprint density at radius 2 is 2.00 bits per heavy atom. The number of nitrogens with zero attached hydrogens (tertiary/aromatic N) is 3. The summed E-state index contributed by atoms with van der Waals surface area (Å²) in [5.41, 5.74) is 5.16. The lowest BCUT2D eigenvalue weighted by atomic mass is 10.0. The molecule has 7 heteroatoms. The molecule has 0 bridgehead atoms. The quantitative estimate of drug-likeness (QED) is 0.688. The zero-order valence-corrected chi connectivity index (χ0v) is 16.6. The van der Waals surface area contributed by atoms with Crippen LogP contribution in [0.5, 0.6) is 5.75 Å². The number of H-pyrrole nitrogens is 1. The SMILES string of the molecule is COc1ccc(C(NC(=O)c2cc(-c3c(C)nn(C)c3C)n[nH]2)C2CC2)cc1. The van der Waals surface area contributed by atoms with Crippen LogP contribution in [0.25, 0.3) is 11.3 Å². The molecular formula is C21H25N5O2. The highest BCUT2D eigenvalue weighted by Crippen LogP contribution is 2.41. The molecular weight excluding hydrogens is 354 g/mol. The average molecular weight is 379 g/mol. The number of carbonyl (C=O) groups is 1. The molecule has 2 N–H and O–H groups in total. The van der Waals surface area contributed by atoms with Gasteiger partial charge in [0.05, 0.1) is 24.5 Å². The summed E-state index contributed by atoms with van der Waals surface area (Å²) in [5.74, 6) is 1.14. The highest BCUT2D eigenvalue weighted by atomic mass is 16.5. The number of methoxy groups -OCH3 is 1. The number of hydrogen-bond acceptors (Lipinski definition) is 4. The van der Waals surface area contributed by atoms with Crippen LogP contribution in [0.4, 0.5) is 0 Å². The third-order valence-electron chi connectivity index (χ3n) is 5.44. The number of carbonyl (C=O) groups excluding carboxylic acids is 1. The number of aromatic nitrogens is 4. The van der Waals surface area contributed by atoms with Crippen LogP contribution in [-0.2, 0) is 7.05 Å². The van der Waals surface area contributed by atoms with E-state index in [9.17, 15) is 4.79 Å². The van der Waals surface area contributed by atoms with Crippen molar-refractivity contribution in [3.63, 3.8) is 0 Å². The van der Waals surface area contributed by atoms with E-state index in [0.29, 0.717) is 11.6 Å². The van der Waals surface area contributed by atoms with Crippen LogP contribution in [0.3, 0.4) is 0 Å². The minimum Gasteiger partial charge on any atom is -0.497 e. The second-order valence-electron chi connectivity index (χ2n) is 7.40. The van der Waals surface area contributed by atoms with Gasteiger partial charge >= 0.3 is 0 Å². The monoisotopic (exact) mass is 379 g/mol. The van der Waals surface area contributed by atoms with Crippen molar-refractivity contribution in [2.75, 3.05) is 7.11 Å². The second-order valence-corrected chi connectivity index (χ2v) is 7.40. The fourth-order valence-electron chi connectivity index (χ4n) is 3.64. The van der Waals surface area contributed by atoms with Crippen molar-refractivity contribution in [1.29, 1.82) is 0 Å². The first-order valence-electron chi connectivity index (χ1n) is 9.48. The van der Waals surface area contributed by atoms with Gasteiger partial charge in [0, 0.05) is 18.3 Å². The Morgan fingerprint density at radius 1 is 1.29 bits per heavy atom. The van der Waals surface area contributed by atoms with E-state index in [1.54, 1.807) is 13.2 Å². The molecule has 7 nitrogen and oxygen atoms in total. The van der Waals surface area contributed by atoms with Crippen LogP contribution >= 0.6 is 0 Å². The summed E-state index contributed by atoms with van der Waals surface area (Å²) in [7, 11) is 3.55. The number of hydrogen-bond donors (Lipinski definition) is 2. The van der Waals surface area contributed by atoms with Gasteiger partial charge in [-0.05, 0) is 56.4 Å². The Hall–Kier alpha value is -3.09. The Morgan fingerprint density at radius 3 is 2.57 bits per heavy atom. The molecule has 0 saturated heterocycles. The van der Waals surface area contributed by atoms with Gasteiger partial charge in [-0.15, -0.1) is 0 Å². The predicted octanol–water partition coefficient (Wildman–Crippen LogP) is 3.32. The fraction of sp³-hybridized carbons (Fsp3) is 0.381. The maximum atomic E-state index is 12.9. The summed E-state index contributed by atoms with van der Waals surface area (Å²) in [6.07, 6.45) is 2.25. The molecule has 0 aliphatic heterocycles. The lowest BCUT2D eigenvalue weighted by Crippen LogP contribution is -2.30. The first kappa shape index (κ1) is 18.3. The smallest absolute Gasteiger partial charge is 0.269 e. The van der Waals surface area contributed by atoms with E-state index >= 15 is 0 Å². The van der Waals surface area contributed by atoms with E-state index in [1.165, 1.54) is 0 Å². The van der Waals surface area contributed by atoms with Crippen molar-refractivity contribution < 1.29 is 9.53 Å². The third-order valence-corrected chi connectivity index (χ3v) is 5.44. The molecule has 1 aliphatic rings. The van der Waals surface area contributed by atoms with Gasteiger partial charge in [-0.25, -0.2) is 0 Å². The molecule has 28 heavy (non-hydrogen) atoms. The van der Waals surface area contributed by atoms with Gasteiger partial charge in [0.15, 0.2) is 0 Å². The normalized spacial score (nSPS) is 14.7. The van der Waals surface area contributed by atoms with E-state index in [1.807, 2.05) is 49.8 Å². The average Bonchev–Trinajstić information content (AvgIpc) is 3.36. The zero-order chi connectivity index (χ0) is 19.8. The molecule has 146 valence electrons. The topological polar surface area (TPSA) is 84.8 Å². The zero-order valence-electron chi connectivity index (χ0n) is 16.6. The molecule has 1 unspecified atom stereocenters. The van der Waals surface area contributed by atoms with E-state index in [0.717, 1.165) is 46.8 Å². The first-order valence-corrected chi connectivity index (χ1v) is 9.48. The third kappa shape index (κ3) is 3.40. The summed E-state index contributed by atoms with van der Waals surface area (Å²) in [6.45, 7) is 3.94. The van der Waals surface area contributed by atoms with Crippen LogP contribution in [0.2, 0.25) is 0 Å². The van der Waals surface area contributed by atoms with E-state index in [4.69, 9.17) is 4.74 Å². The van der Waals surface area contributed by atoms with Crippen LogP contribution in [0.15, 0.2) is 30.3 Å². The summed E-state index contributed by atoms with van der Waals surface area (Å²) in [6, 6.07) is 9.68. The summed E-state index contributed by atoms with van der Waals surface area (Å²) in [5, 5.41) is 14.8. The molecule has 1 saturated carbocycles. The van der Waals surface area contributed by atoms with Crippen molar-refractivity contribution >= 4 is 5.91 Å². The lowest BCUT2D eigenvalue weighted by Gasteiger charge is -2.18. The van der Waals surface area contributed by atoms with Gasteiger partial charge in [-0.2, -0.15) is 10.2 Å². The highest BCUT2D eigenvalue weighted by Gasteiger charge is 2.34. The van der Waals surface area contributed by atoms with Crippen LogP contribution in [-0.4, -0.2) is 33.0 Å². The fourth-order valence-corrected chi connectivity index (χ4v) is 3.64. The van der Waals surface area contributed by atoms with E-state index in [2.05, 4.69) is 20.6 Å². The van der Waals surface area contributed by atoms with Crippen molar-refractivity contribution in [2.24, 2.45) is 13.0 Å². The van der Waals surface area contributed by atoms with Crippen molar-refractivity contribution in [2.45, 2.75) is 32.7 Å². The van der Waals surface area contributed by atoms with Crippen molar-refractivity contribution in [3.8, 4) is 17.0 Å². The van der Waals surface area contributed by atoms with E-state index < -0.39 is 0 Å². The van der Waals surface area contributed by atoms with Gasteiger partial charge in [0.2, 0.25) is 0 Å². The molecule has 2 heterocycles. The van der Waals surface area contributed by atoms with Crippen LogP contribution < -0.4 is 10.1 Å². The van der Waals surface area contributed by atoms with Crippen LogP contribution in [0, 0.1) is 19.8 Å². The van der Waals surface area contributed by atoms with Crippen molar-refractivity contribution in [1.82, 2.24) is 25.3 Å². The molecule has 1 aromatic carbocycles. The van der Waals surface area contributed by atoms with Gasteiger partial charge in [-0.3, -0.25) is 14.6 Å². The minimum atomic E-state index is -0.148. The summed E-state index contributed by atoms with van der Waals surface area (Å²) < 4.78 is 7.06. The number of amides is 1. The van der Waals surface area contributed by atoms with Crippen LogP contribution in [0.1, 0.15) is 46.3 Å². The summed E-state index contributed by atoms with van der Waals surface area (Å²) >= 11 is 0. The van der Waals surface area contributed by atoms with E-state index in [-0.39, 0.29) is 11.9 Å². The largest absolute Gasteiger partial charge is 0.497 e. The molecule has 0 spiro atoms. The number of aryl methyl sites for hydroxylation is 2. The molecule has 3 aromatic rings. The number of rotatable bonds is 6. The minimum absolute atomic E-state index is 0.00739. The van der Waals surface area contributed by atoms with Crippen molar-refractivity contribution in [3.05, 3.63) is 53.0 Å². The number of benzene rings is 1. The first-order chi connectivity index (χ1) is 13.5. The number of ether oxygens (including phenoxy) is 1. The predicted molar refractivity (Wildman–Crippen MR) is 106 cm³/mol. The molecule has 1 fully saturated rings. The highest BCUT2D eigenvalue weighted by molar-refractivity contribution is 5.93. The standard InChI is InChI=1S/C21H25N5O2/c1-12-19(13(2)26(3)25-12)17-11-18(24-23-17)21(27)22-20(14-5-6-14)15-7-9-16(28-4)10-8-15/h7-11,14,20H,5-6H2,1-4H3,(H,22,27)(H,23,24). The molecule has 1 aliphatic carbocycles. The number of nitrogens with one attached hydrogen (secondary N) is 2. The molecule has 4 rings (SSSR count). The molecule has 1 amide bonds. The Bertz CT molecular complexity index is 998. The van der Waals surface area contributed by atoms with Gasteiger partial charge in [-0.1, -0.05) is 12.1 Å². The van der Waals surface area contributed by atoms with Gasteiger partial charge < -0.3 is 10.1 Å². The Labute approximate surface area is 164 Å². The maximum Gasteiger partial charge on any atom is 0.269 e. The maximum absolute atomic E-state index is 12.9. The Balaban J connectivity index is 1.54. The number of aromatic amines is 1. The lowest BCUT2D eigenvalue weighted by molar-refractivity contribution is 0.0926. The second kappa shape index (κ2) is 7.14. The molecule has 2 aromatic heterocycles. The Kier molecular flexibility index (Phi) is 4.66. The molecule has 1 atom stereocenters. The summed E-state index contributed by atoms with van der Waals surface area (Å²) in [4.78, 5) is 12.9.